The molecule has 1 heterocycles. The molecule has 1 aliphatic rings. The molecule has 0 saturated carbocycles. The van der Waals surface area contributed by atoms with Crippen LogP contribution in [0.5, 0.6) is 0 Å². The third-order valence-corrected chi connectivity index (χ3v) is 4.13. The van der Waals surface area contributed by atoms with Crippen molar-refractivity contribution in [1.82, 2.24) is 4.90 Å². The van der Waals surface area contributed by atoms with E-state index in [1.54, 1.807) is 6.08 Å². The van der Waals surface area contributed by atoms with E-state index in [1.165, 1.54) is 18.5 Å². The van der Waals surface area contributed by atoms with Crippen LogP contribution in [0.2, 0.25) is 0 Å². The minimum Gasteiger partial charge on any atom is -0.395 e. The van der Waals surface area contributed by atoms with Crippen molar-refractivity contribution in [1.29, 1.82) is 0 Å². The Morgan fingerprint density at radius 1 is 1.43 bits per heavy atom. The van der Waals surface area contributed by atoms with Crippen LogP contribution in [0.4, 0.5) is 11.4 Å². The molecular weight excluding hydrogens is 290 g/mol. The first-order valence-corrected chi connectivity index (χ1v) is 8.23. The molecule has 0 aliphatic carbocycles. The zero-order chi connectivity index (χ0) is 16.7. The monoisotopic (exact) mass is 317 g/mol. The quantitative estimate of drug-likeness (QED) is 0.720. The number of carbonyl (C=O) groups excluding carboxylic acids is 1. The predicted octanol–water partition coefficient (Wildman–Crippen LogP) is 2.01. The van der Waals surface area contributed by atoms with E-state index >= 15 is 0 Å². The van der Waals surface area contributed by atoms with Gasteiger partial charge in [0.2, 0.25) is 5.91 Å². The minimum absolute atomic E-state index is 0.0324. The molecule has 126 valence electrons. The molecular formula is C18H27N3O2. The van der Waals surface area contributed by atoms with Crippen LogP contribution in [0.1, 0.15) is 18.4 Å². The summed E-state index contributed by atoms with van der Waals surface area (Å²) in [5.41, 5.74) is 3.15. The number of amides is 1. The minimum atomic E-state index is -0.0719. The van der Waals surface area contributed by atoms with Gasteiger partial charge in [0.1, 0.15) is 0 Å². The van der Waals surface area contributed by atoms with Crippen LogP contribution >= 0.6 is 0 Å². The summed E-state index contributed by atoms with van der Waals surface area (Å²) in [6, 6.07) is 6.18. The van der Waals surface area contributed by atoms with E-state index < -0.39 is 0 Å². The van der Waals surface area contributed by atoms with Crippen LogP contribution in [0.25, 0.3) is 0 Å². The van der Waals surface area contributed by atoms with Gasteiger partial charge in [0, 0.05) is 37.6 Å². The lowest BCUT2D eigenvalue weighted by Crippen LogP contribution is -2.35. The Hall–Kier alpha value is -1.85. The van der Waals surface area contributed by atoms with Gasteiger partial charge < -0.3 is 15.3 Å². The van der Waals surface area contributed by atoms with Crippen molar-refractivity contribution < 1.29 is 9.90 Å². The van der Waals surface area contributed by atoms with E-state index in [4.69, 9.17) is 5.11 Å². The molecule has 2 N–H and O–H groups in total. The van der Waals surface area contributed by atoms with Gasteiger partial charge in [0.15, 0.2) is 0 Å². The van der Waals surface area contributed by atoms with Crippen LogP contribution in [0.15, 0.2) is 30.9 Å². The van der Waals surface area contributed by atoms with Gasteiger partial charge in [-0.3, -0.25) is 9.69 Å². The first-order chi connectivity index (χ1) is 11.1. The number of anilines is 2. The molecule has 1 fully saturated rings. The number of nitrogens with zero attached hydrogens (tertiary/aromatic N) is 2. The predicted molar refractivity (Wildman–Crippen MR) is 95.0 cm³/mol. The Bertz CT molecular complexity index is 539. The molecule has 0 radical (unpaired) electrons. The number of benzene rings is 1. The molecule has 0 aromatic heterocycles. The first-order valence-electron chi connectivity index (χ1n) is 8.23. The van der Waals surface area contributed by atoms with Gasteiger partial charge in [-0.15, -0.1) is 6.58 Å². The molecule has 1 saturated heterocycles. The maximum atomic E-state index is 12.2. The van der Waals surface area contributed by atoms with Crippen molar-refractivity contribution in [3.63, 3.8) is 0 Å². The topological polar surface area (TPSA) is 55.8 Å². The Morgan fingerprint density at radius 3 is 2.78 bits per heavy atom. The zero-order valence-corrected chi connectivity index (χ0v) is 13.9. The zero-order valence-electron chi connectivity index (χ0n) is 13.9. The molecule has 1 aromatic rings. The summed E-state index contributed by atoms with van der Waals surface area (Å²) >= 11 is 0. The number of aliphatic hydroxyl groups excluding tert-OH is 1. The Morgan fingerprint density at radius 2 is 2.17 bits per heavy atom. The largest absolute Gasteiger partial charge is 0.395 e. The molecule has 1 aliphatic heterocycles. The maximum absolute atomic E-state index is 12.2. The van der Waals surface area contributed by atoms with Crippen molar-refractivity contribution in [2.24, 2.45) is 0 Å². The van der Waals surface area contributed by atoms with Crippen LogP contribution in [0.3, 0.4) is 0 Å². The van der Waals surface area contributed by atoms with Gasteiger partial charge in [-0.1, -0.05) is 6.08 Å². The average Bonchev–Trinajstić information content (AvgIpc) is 3.04. The second-order valence-electron chi connectivity index (χ2n) is 5.99. The van der Waals surface area contributed by atoms with Crippen LogP contribution < -0.4 is 10.2 Å². The maximum Gasteiger partial charge on any atom is 0.238 e. The lowest BCUT2D eigenvalue weighted by Gasteiger charge is -2.21. The van der Waals surface area contributed by atoms with Crippen molar-refractivity contribution in [2.75, 3.05) is 49.5 Å². The highest BCUT2D eigenvalue weighted by Crippen LogP contribution is 2.25. The summed E-state index contributed by atoms with van der Waals surface area (Å²) in [5, 5.41) is 12.0. The van der Waals surface area contributed by atoms with E-state index in [0.29, 0.717) is 13.1 Å². The van der Waals surface area contributed by atoms with Gasteiger partial charge in [0.25, 0.3) is 0 Å². The smallest absolute Gasteiger partial charge is 0.238 e. The highest BCUT2D eigenvalue weighted by molar-refractivity contribution is 5.93. The van der Waals surface area contributed by atoms with E-state index in [-0.39, 0.29) is 19.1 Å². The van der Waals surface area contributed by atoms with E-state index in [2.05, 4.69) is 28.9 Å². The average molecular weight is 317 g/mol. The van der Waals surface area contributed by atoms with Gasteiger partial charge in [0.05, 0.1) is 13.2 Å². The molecule has 5 heteroatoms. The van der Waals surface area contributed by atoms with Gasteiger partial charge >= 0.3 is 0 Å². The van der Waals surface area contributed by atoms with Gasteiger partial charge in [-0.2, -0.15) is 0 Å². The second-order valence-corrected chi connectivity index (χ2v) is 5.99. The summed E-state index contributed by atoms with van der Waals surface area (Å²) in [4.78, 5) is 16.4. The molecule has 1 aromatic carbocycles. The second kappa shape index (κ2) is 8.70. The molecule has 2 rings (SSSR count). The Labute approximate surface area is 138 Å². The molecule has 0 bridgehead atoms. The third-order valence-electron chi connectivity index (χ3n) is 4.13. The highest BCUT2D eigenvalue weighted by Gasteiger charge is 2.14. The molecule has 0 unspecified atom stereocenters. The van der Waals surface area contributed by atoms with E-state index in [1.807, 2.05) is 17.9 Å². The van der Waals surface area contributed by atoms with E-state index in [9.17, 15) is 4.79 Å². The Kier molecular flexibility index (Phi) is 6.62. The summed E-state index contributed by atoms with van der Waals surface area (Å²) < 4.78 is 0. The number of rotatable bonds is 8. The summed E-state index contributed by atoms with van der Waals surface area (Å²) in [7, 11) is 0. The number of aliphatic hydroxyl groups is 1. The fraction of sp³-hybridized carbons (Fsp3) is 0.500. The van der Waals surface area contributed by atoms with Gasteiger partial charge in [-0.05, 0) is 43.5 Å². The molecule has 5 nitrogen and oxygen atoms in total. The molecule has 23 heavy (non-hydrogen) atoms. The van der Waals surface area contributed by atoms with Crippen molar-refractivity contribution >= 4 is 17.3 Å². The lowest BCUT2D eigenvalue weighted by atomic mass is 10.1. The fourth-order valence-electron chi connectivity index (χ4n) is 2.91. The normalized spacial score (nSPS) is 14.3. The van der Waals surface area contributed by atoms with Crippen molar-refractivity contribution in [2.45, 2.75) is 19.8 Å². The summed E-state index contributed by atoms with van der Waals surface area (Å²) in [6.07, 6.45) is 4.24. The van der Waals surface area contributed by atoms with Crippen LogP contribution in [-0.4, -0.2) is 55.2 Å². The lowest BCUT2D eigenvalue weighted by molar-refractivity contribution is -0.117. The number of nitrogens with one attached hydrogen (secondary N) is 1. The van der Waals surface area contributed by atoms with Crippen LogP contribution in [-0.2, 0) is 4.79 Å². The number of hydrogen-bond acceptors (Lipinski definition) is 4. The molecule has 0 spiro atoms. The van der Waals surface area contributed by atoms with Crippen molar-refractivity contribution in [3.05, 3.63) is 36.4 Å². The fourth-order valence-corrected chi connectivity index (χ4v) is 2.91. The van der Waals surface area contributed by atoms with Gasteiger partial charge in [-0.25, -0.2) is 0 Å². The van der Waals surface area contributed by atoms with Crippen molar-refractivity contribution in [3.8, 4) is 0 Å². The standard InChI is InChI=1S/C18H27N3O2/c1-3-8-20(11-12-22)14-18(23)19-17-7-6-16(13-15(17)2)21-9-4-5-10-21/h3,6-7,13,22H,1,4-5,8-12,14H2,2H3,(H,19,23). The van der Waals surface area contributed by atoms with Crippen LogP contribution in [0, 0.1) is 6.92 Å². The highest BCUT2D eigenvalue weighted by atomic mass is 16.3. The molecule has 1 amide bonds. The molecule has 0 atom stereocenters. The summed E-state index contributed by atoms with van der Waals surface area (Å²) in [5.74, 6) is -0.0719. The number of aryl methyl sites for hydroxylation is 1. The third kappa shape index (κ3) is 5.08. The number of hydrogen-bond donors (Lipinski definition) is 2. The van der Waals surface area contributed by atoms with E-state index in [0.717, 1.165) is 24.3 Å². The SMILES string of the molecule is C=CCN(CCO)CC(=O)Nc1ccc(N2CCCC2)cc1C. The number of carbonyl (C=O) groups is 1. The Balaban J connectivity index is 1.96. The summed E-state index contributed by atoms with van der Waals surface area (Å²) in [6.45, 7) is 9.25. The first kappa shape index (κ1) is 17.5.